The summed E-state index contributed by atoms with van der Waals surface area (Å²) in [4.78, 5) is 16.4. The van der Waals surface area contributed by atoms with Gasteiger partial charge in [0, 0.05) is 17.5 Å². The lowest BCUT2D eigenvalue weighted by molar-refractivity contribution is 0.102. The van der Waals surface area contributed by atoms with Crippen molar-refractivity contribution < 1.29 is 9.53 Å². The molecule has 0 saturated heterocycles. The highest BCUT2D eigenvalue weighted by Crippen LogP contribution is 2.21. The summed E-state index contributed by atoms with van der Waals surface area (Å²) >= 11 is 1.45. The summed E-state index contributed by atoms with van der Waals surface area (Å²) in [5.74, 6) is 0.549. The molecule has 0 bridgehead atoms. The number of hydrogen-bond acceptors (Lipinski definition) is 5. The van der Waals surface area contributed by atoms with Crippen LogP contribution >= 0.6 is 23.7 Å². The van der Waals surface area contributed by atoms with Crippen molar-refractivity contribution in [1.82, 2.24) is 4.98 Å². The van der Waals surface area contributed by atoms with Crippen LogP contribution in [0.5, 0.6) is 5.75 Å². The minimum absolute atomic E-state index is 0. The third-order valence-electron chi connectivity index (χ3n) is 2.68. The summed E-state index contributed by atoms with van der Waals surface area (Å²) in [6.07, 6.45) is 0.691. The van der Waals surface area contributed by atoms with Gasteiger partial charge in [0.05, 0.1) is 5.01 Å². The van der Waals surface area contributed by atoms with Gasteiger partial charge in [0.2, 0.25) is 0 Å². The number of halogens is 1. The van der Waals surface area contributed by atoms with E-state index in [4.69, 9.17) is 10.5 Å². The monoisotopic (exact) mass is 355 g/mol. The van der Waals surface area contributed by atoms with Crippen molar-refractivity contribution >= 4 is 35.3 Å². The van der Waals surface area contributed by atoms with Gasteiger partial charge >= 0.3 is 0 Å². The van der Waals surface area contributed by atoms with Crippen molar-refractivity contribution in [2.24, 2.45) is 5.73 Å². The van der Waals surface area contributed by atoms with Crippen molar-refractivity contribution in [2.45, 2.75) is 32.8 Å². The van der Waals surface area contributed by atoms with Gasteiger partial charge in [0.15, 0.2) is 0 Å². The molecule has 1 aromatic heterocycles. The van der Waals surface area contributed by atoms with Gasteiger partial charge < -0.3 is 15.8 Å². The number of anilines is 1. The fourth-order valence-corrected chi connectivity index (χ4v) is 2.60. The lowest BCUT2D eigenvalue weighted by Gasteiger charge is -2.21. The summed E-state index contributed by atoms with van der Waals surface area (Å²) in [5.41, 5.74) is 6.36. The smallest absolute Gasteiger partial charge is 0.275 e. The first-order chi connectivity index (χ1) is 10.4. The number of nitrogens with zero attached hydrogens (tertiary/aromatic N) is 1. The van der Waals surface area contributed by atoms with E-state index in [1.807, 2.05) is 45.0 Å². The van der Waals surface area contributed by atoms with Gasteiger partial charge in [-0.25, -0.2) is 4.98 Å². The molecule has 2 aromatic rings. The van der Waals surface area contributed by atoms with Crippen LogP contribution in [-0.2, 0) is 6.42 Å². The average Bonchev–Trinajstić information content (AvgIpc) is 2.88. The Morgan fingerprint density at radius 2 is 1.96 bits per heavy atom. The van der Waals surface area contributed by atoms with Gasteiger partial charge in [0.25, 0.3) is 5.91 Å². The zero-order chi connectivity index (χ0) is 16.2. The number of aromatic nitrogens is 1. The highest BCUT2D eigenvalue weighted by molar-refractivity contribution is 7.09. The summed E-state index contributed by atoms with van der Waals surface area (Å²) in [7, 11) is 0. The molecule has 126 valence electrons. The van der Waals surface area contributed by atoms with E-state index in [1.54, 1.807) is 5.38 Å². The Morgan fingerprint density at radius 3 is 2.52 bits per heavy atom. The van der Waals surface area contributed by atoms with Crippen LogP contribution < -0.4 is 15.8 Å². The number of carbonyl (C=O) groups is 1. The van der Waals surface area contributed by atoms with Crippen LogP contribution in [0, 0.1) is 0 Å². The van der Waals surface area contributed by atoms with Crippen LogP contribution in [0.1, 0.15) is 36.3 Å². The van der Waals surface area contributed by atoms with Crippen molar-refractivity contribution in [2.75, 3.05) is 11.9 Å². The van der Waals surface area contributed by atoms with Gasteiger partial charge in [-0.2, -0.15) is 0 Å². The molecule has 7 heteroatoms. The maximum atomic E-state index is 12.1. The van der Waals surface area contributed by atoms with Crippen LogP contribution in [0.2, 0.25) is 0 Å². The summed E-state index contributed by atoms with van der Waals surface area (Å²) in [6, 6.07) is 7.29. The number of hydrogen-bond donors (Lipinski definition) is 2. The lowest BCUT2D eigenvalue weighted by atomic mass is 10.2. The molecule has 0 fully saturated rings. The highest BCUT2D eigenvalue weighted by Gasteiger charge is 2.13. The number of nitrogens with one attached hydrogen (secondary N) is 1. The van der Waals surface area contributed by atoms with E-state index >= 15 is 0 Å². The molecule has 0 aliphatic heterocycles. The van der Waals surface area contributed by atoms with Crippen molar-refractivity contribution in [3.8, 4) is 5.75 Å². The first-order valence-electron chi connectivity index (χ1n) is 7.12. The Bertz CT molecular complexity index is 636. The van der Waals surface area contributed by atoms with E-state index in [2.05, 4.69) is 10.3 Å². The average molecular weight is 356 g/mol. The number of amides is 1. The Hall–Kier alpha value is -1.63. The molecule has 1 heterocycles. The third kappa shape index (κ3) is 6.17. The summed E-state index contributed by atoms with van der Waals surface area (Å²) in [6.45, 7) is 6.50. The van der Waals surface area contributed by atoms with Crippen LogP contribution in [0.3, 0.4) is 0 Å². The van der Waals surface area contributed by atoms with Crippen LogP contribution in [-0.4, -0.2) is 23.0 Å². The van der Waals surface area contributed by atoms with Crippen molar-refractivity contribution in [3.63, 3.8) is 0 Å². The molecule has 5 nitrogen and oxygen atoms in total. The molecule has 0 aliphatic rings. The first-order valence-corrected chi connectivity index (χ1v) is 8.00. The van der Waals surface area contributed by atoms with E-state index in [0.717, 1.165) is 10.8 Å². The number of ether oxygens (including phenoxy) is 1. The molecular formula is C16H22ClN3O2S. The molecule has 0 aliphatic carbocycles. The molecular weight excluding hydrogens is 334 g/mol. The minimum atomic E-state index is -0.245. The molecule has 1 amide bonds. The fourth-order valence-electron chi connectivity index (χ4n) is 1.81. The second kappa shape index (κ2) is 8.29. The highest BCUT2D eigenvalue weighted by atomic mass is 35.5. The largest absolute Gasteiger partial charge is 0.488 e. The first kappa shape index (κ1) is 19.4. The molecule has 1 aromatic carbocycles. The summed E-state index contributed by atoms with van der Waals surface area (Å²) < 4.78 is 5.74. The molecule has 23 heavy (non-hydrogen) atoms. The normalized spacial score (nSPS) is 10.8. The van der Waals surface area contributed by atoms with Gasteiger partial charge in [-0.1, -0.05) is 0 Å². The molecule has 3 N–H and O–H groups in total. The second-order valence-electron chi connectivity index (χ2n) is 5.86. The Balaban J connectivity index is 0.00000264. The predicted molar refractivity (Wildman–Crippen MR) is 96.9 cm³/mol. The number of thiazole rings is 1. The van der Waals surface area contributed by atoms with Crippen LogP contribution in [0.25, 0.3) is 0 Å². The number of benzene rings is 1. The van der Waals surface area contributed by atoms with Gasteiger partial charge in [-0.15, -0.1) is 23.7 Å². The molecule has 0 atom stereocenters. The molecule has 0 radical (unpaired) electrons. The van der Waals surface area contributed by atoms with Gasteiger partial charge in [-0.3, -0.25) is 4.79 Å². The quantitative estimate of drug-likeness (QED) is 0.860. The second-order valence-corrected chi connectivity index (χ2v) is 6.80. The topological polar surface area (TPSA) is 77.2 Å². The standard InChI is InChI=1S/C16H21N3O2S.ClH/c1-16(2,3)21-12-6-4-11(5-7-12)18-15(20)13-10-22-14(19-13)8-9-17;/h4-7,10H,8-9,17H2,1-3H3,(H,18,20);1H. The van der Waals surface area contributed by atoms with Crippen LogP contribution in [0.15, 0.2) is 29.6 Å². The Kier molecular flexibility index (Phi) is 7.00. The van der Waals surface area contributed by atoms with E-state index in [0.29, 0.717) is 24.3 Å². The maximum absolute atomic E-state index is 12.1. The Morgan fingerprint density at radius 1 is 1.30 bits per heavy atom. The van der Waals surface area contributed by atoms with Gasteiger partial charge in [0.1, 0.15) is 17.0 Å². The van der Waals surface area contributed by atoms with E-state index < -0.39 is 0 Å². The number of rotatable bonds is 5. The van der Waals surface area contributed by atoms with E-state index in [1.165, 1.54) is 11.3 Å². The zero-order valence-corrected chi connectivity index (χ0v) is 15.1. The third-order valence-corrected chi connectivity index (χ3v) is 3.59. The molecule has 2 rings (SSSR count). The summed E-state index contributed by atoms with van der Waals surface area (Å²) in [5, 5.41) is 5.45. The fraction of sp³-hybridized carbons (Fsp3) is 0.375. The number of nitrogens with two attached hydrogens (primary N) is 1. The maximum Gasteiger partial charge on any atom is 0.275 e. The minimum Gasteiger partial charge on any atom is -0.488 e. The molecule has 0 saturated carbocycles. The zero-order valence-electron chi connectivity index (χ0n) is 13.5. The van der Waals surface area contributed by atoms with Crippen molar-refractivity contribution in [3.05, 3.63) is 40.3 Å². The molecule has 0 spiro atoms. The Labute approximate surface area is 146 Å². The van der Waals surface area contributed by atoms with Crippen LogP contribution in [0.4, 0.5) is 5.69 Å². The number of carbonyl (C=O) groups excluding carboxylic acids is 1. The van der Waals surface area contributed by atoms with E-state index in [-0.39, 0.29) is 23.9 Å². The van der Waals surface area contributed by atoms with E-state index in [9.17, 15) is 4.79 Å². The van der Waals surface area contributed by atoms with Crippen molar-refractivity contribution in [1.29, 1.82) is 0 Å². The van der Waals surface area contributed by atoms with Gasteiger partial charge in [-0.05, 0) is 51.6 Å². The molecule has 0 unspecified atom stereocenters. The predicted octanol–water partition coefficient (Wildman–Crippen LogP) is 3.50. The lowest BCUT2D eigenvalue weighted by Crippen LogP contribution is -2.22. The SMILES string of the molecule is CC(C)(C)Oc1ccc(NC(=O)c2csc(CCN)n2)cc1.Cl.